The number of hydrogen-bond acceptors (Lipinski definition) is 4. The number of likely N-dealkylation sites (N-methyl/N-ethyl adjacent to an activating group) is 1. The molecule has 1 unspecified atom stereocenters. The lowest BCUT2D eigenvalue weighted by Gasteiger charge is -2.25. The Bertz CT molecular complexity index is 312. The molecule has 0 aromatic carbocycles. The Labute approximate surface area is 95.2 Å². The highest BCUT2D eigenvalue weighted by Gasteiger charge is 2.12. The average Bonchev–Trinajstić information content (AvgIpc) is 2.15. The monoisotopic (exact) mass is 229 g/mol. The summed E-state index contributed by atoms with van der Waals surface area (Å²) in [6.45, 7) is 4.54. The number of hydrogen-bond donors (Lipinski definition) is 0. The first-order valence-electron chi connectivity index (χ1n) is 4.77. The van der Waals surface area contributed by atoms with Crippen LogP contribution in [0.4, 0.5) is 5.82 Å². The summed E-state index contributed by atoms with van der Waals surface area (Å²) >= 11 is 5.87. The minimum atomic E-state index is 0.250. The summed E-state index contributed by atoms with van der Waals surface area (Å²) in [5.41, 5.74) is 0. The van der Waals surface area contributed by atoms with Crippen LogP contribution in [0.15, 0.2) is 6.07 Å². The van der Waals surface area contributed by atoms with Crippen molar-refractivity contribution in [2.45, 2.75) is 19.9 Å². The van der Waals surface area contributed by atoms with E-state index in [1.165, 1.54) is 0 Å². The second-order valence-corrected chi connectivity index (χ2v) is 3.90. The van der Waals surface area contributed by atoms with Gasteiger partial charge in [0, 0.05) is 20.2 Å². The van der Waals surface area contributed by atoms with Crippen LogP contribution in [-0.4, -0.2) is 36.8 Å². The predicted molar refractivity (Wildman–Crippen MR) is 61.5 cm³/mol. The van der Waals surface area contributed by atoms with E-state index >= 15 is 0 Å². The topological polar surface area (TPSA) is 38.2 Å². The Morgan fingerprint density at radius 3 is 2.73 bits per heavy atom. The second kappa shape index (κ2) is 5.28. The molecule has 0 saturated heterocycles. The number of aromatic nitrogens is 2. The molecule has 15 heavy (non-hydrogen) atoms. The molecular weight excluding hydrogens is 214 g/mol. The molecule has 0 radical (unpaired) electrons. The van der Waals surface area contributed by atoms with E-state index in [0.29, 0.717) is 17.6 Å². The highest BCUT2D eigenvalue weighted by atomic mass is 35.5. The average molecular weight is 230 g/mol. The van der Waals surface area contributed by atoms with Gasteiger partial charge in [-0.05, 0) is 13.8 Å². The first kappa shape index (κ1) is 12.2. The highest BCUT2D eigenvalue weighted by molar-refractivity contribution is 6.29. The Hall–Kier alpha value is -0.870. The molecule has 4 nitrogen and oxygen atoms in total. The fraction of sp³-hybridized carbons (Fsp3) is 0.600. The molecule has 0 saturated carbocycles. The zero-order valence-electron chi connectivity index (χ0n) is 9.49. The molecule has 0 spiro atoms. The third-order valence-corrected chi connectivity index (χ3v) is 2.42. The van der Waals surface area contributed by atoms with Crippen molar-refractivity contribution < 1.29 is 4.74 Å². The summed E-state index contributed by atoms with van der Waals surface area (Å²) in [7, 11) is 3.64. The van der Waals surface area contributed by atoms with Gasteiger partial charge in [-0.3, -0.25) is 0 Å². The van der Waals surface area contributed by atoms with Gasteiger partial charge in [0.25, 0.3) is 0 Å². The maximum atomic E-state index is 5.87. The van der Waals surface area contributed by atoms with E-state index < -0.39 is 0 Å². The summed E-state index contributed by atoms with van der Waals surface area (Å²) in [5.74, 6) is 1.49. The maximum Gasteiger partial charge on any atom is 0.134 e. The first-order valence-corrected chi connectivity index (χ1v) is 5.15. The molecule has 1 aromatic heterocycles. The molecule has 0 amide bonds. The van der Waals surface area contributed by atoms with Gasteiger partial charge in [0.15, 0.2) is 0 Å². The molecule has 0 fully saturated rings. The number of rotatable bonds is 4. The number of aryl methyl sites for hydroxylation is 1. The van der Waals surface area contributed by atoms with Gasteiger partial charge in [0.05, 0.1) is 12.6 Å². The molecule has 0 aliphatic carbocycles. The number of ether oxygens (including phenoxy) is 1. The van der Waals surface area contributed by atoms with Gasteiger partial charge in [-0.2, -0.15) is 0 Å². The SMILES string of the molecule is COCC(C)N(C)c1cc(Cl)nc(C)n1. The first-order chi connectivity index (χ1) is 7.04. The molecule has 0 aliphatic heterocycles. The molecular formula is C10H16ClN3O. The largest absolute Gasteiger partial charge is 0.383 e. The van der Waals surface area contributed by atoms with Gasteiger partial charge in [0.2, 0.25) is 0 Å². The van der Waals surface area contributed by atoms with Crippen LogP contribution in [0.2, 0.25) is 5.15 Å². The number of halogens is 1. The van der Waals surface area contributed by atoms with Crippen molar-refractivity contribution >= 4 is 17.4 Å². The second-order valence-electron chi connectivity index (χ2n) is 3.51. The van der Waals surface area contributed by atoms with E-state index in [9.17, 15) is 0 Å². The normalized spacial score (nSPS) is 12.6. The van der Waals surface area contributed by atoms with E-state index in [4.69, 9.17) is 16.3 Å². The quantitative estimate of drug-likeness (QED) is 0.740. The van der Waals surface area contributed by atoms with Crippen LogP contribution in [0, 0.1) is 6.92 Å². The van der Waals surface area contributed by atoms with E-state index in [0.717, 1.165) is 5.82 Å². The highest BCUT2D eigenvalue weighted by Crippen LogP contribution is 2.16. The van der Waals surface area contributed by atoms with Gasteiger partial charge in [0.1, 0.15) is 16.8 Å². The summed E-state index contributed by atoms with van der Waals surface area (Å²) < 4.78 is 5.09. The van der Waals surface area contributed by atoms with Crippen molar-refractivity contribution in [3.05, 3.63) is 17.0 Å². The third kappa shape index (κ3) is 3.32. The van der Waals surface area contributed by atoms with Crippen molar-refractivity contribution in [2.24, 2.45) is 0 Å². The van der Waals surface area contributed by atoms with Crippen molar-refractivity contribution in [2.75, 3.05) is 25.7 Å². The zero-order valence-corrected chi connectivity index (χ0v) is 10.2. The third-order valence-electron chi connectivity index (χ3n) is 2.22. The van der Waals surface area contributed by atoms with Gasteiger partial charge in [-0.25, -0.2) is 9.97 Å². The zero-order chi connectivity index (χ0) is 11.4. The van der Waals surface area contributed by atoms with E-state index in [2.05, 4.69) is 16.9 Å². The van der Waals surface area contributed by atoms with Crippen LogP contribution in [0.25, 0.3) is 0 Å². The minimum Gasteiger partial charge on any atom is -0.383 e. The molecule has 0 aliphatic rings. The van der Waals surface area contributed by atoms with E-state index in [1.54, 1.807) is 13.2 Å². The van der Waals surface area contributed by atoms with Gasteiger partial charge in [-0.15, -0.1) is 0 Å². The molecule has 1 heterocycles. The summed E-state index contributed by atoms with van der Waals surface area (Å²) in [5, 5.41) is 0.467. The molecule has 1 atom stereocenters. The number of anilines is 1. The Morgan fingerprint density at radius 2 is 2.20 bits per heavy atom. The van der Waals surface area contributed by atoms with Gasteiger partial charge in [-0.1, -0.05) is 11.6 Å². The fourth-order valence-corrected chi connectivity index (χ4v) is 1.50. The lowest BCUT2D eigenvalue weighted by atomic mass is 10.3. The smallest absolute Gasteiger partial charge is 0.134 e. The maximum absolute atomic E-state index is 5.87. The lowest BCUT2D eigenvalue weighted by Crippen LogP contribution is -2.33. The summed E-state index contributed by atoms with van der Waals surface area (Å²) in [6.07, 6.45) is 0. The minimum absolute atomic E-state index is 0.250. The van der Waals surface area contributed by atoms with Crippen molar-refractivity contribution in [3.63, 3.8) is 0 Å². The molecule has 0 bridgehead atoms. The van der Waals surface area contributed by atoms with Crippen molar-refractivity contribution in [1.82, 2.24) is 9.97 Å². The van der Waals surface area contributed by atoms with Crippen LogP contribution >= 0.6 is 11.6 Å². The molecule has 1 rings (SSSR count). The lowest BCUT2D eigenvalue weighted by molar-refractivity contribution is 0.183. The summed E-state index contributed by atoms with van der Waals surface area (Å²) in [4.78, 5) is 10.3. The van der Waals surface area contributed by atoms with E-state index in [-0.39, 0.29) is 6.04 Å². The van der Waals surface area contributed by atoms with Crippen molar-refractivity contribution in [1.29, 1.82) is 0 Å². The van der Waals surface area contributed by atoms with Crippen LogP contribution in [0.3, 0.4) is 0 Å². The predicted octanol–water partition coefficient (Wildman–Crippen LogP) is 1.91. The standard InChI is InChI=1S/C10H16ClN3O/c1-7(6-15-4)14(3)10-5-9(11)12-8(2)13-10/h5,7H,6H2,1-4H3. The van der Waals surface area contributed by atoms with Gasteiger partial charge >= 0.3 is 0 Å². The number of nitrogens with zero attached hydrogens (tertiary/aromatic N) is 3. The molecule has 5 heteroatoms. The van der Waals surface area contributed by atoms with Crippen LogP contribution in [-0.2, 0) is 4.74 Å². The van der Waals surface area contributed by atoms with Crippen LogP contribution in [0.5, 0.6) is 0 Å². The Balaban J connectivity index is 2.85. The fourth-order valence-electron chi connectivity index (χ4n) is 1.28. The number of methoxy groups -OCH3 is 1. The van der Waals surface area contributed by atoms with E-state index in [1.807, 2.05) is 18.9 Å². The van der Waals surface area contributed by atoms with Gasteiger partial charge < -0.3 is 9.64 Å². The summed E-state index contributed by atoms with van der Waals surface area (Å²) in [6, 6.07) is 2.00. The van der Waals surface area contributed by atoms with Crippen molar-refractivity contribution in [3.8, 4) is 0 Å². The molecule has 1 aromatic rings. The Morgan fingerprint density at radius 1 is 1.53 bits per heavy atom. The Kier molecular flexibility index (Phi) is 4.29. The van der Waals surface area contributed by atoms with Crippen LogP contribution < -0.4 is 4.90 Å². The molecule has 84 valence electrons. The molecule has 0 N–H and O–H groups in total. The van der Waals surface area contributed by atoms with Crippen LogP contribution in [0.1, 0.15) is 12.7 Å².